The number of anilines is 1. The van der Waals surface area contributed by atoms with Crippen LogP contribution in [0.5, 0.6) is 5.75 Å². The first kappa shape index (κ1) is 24.0. The Labute approximate surface area is 197 Å². The number of carbonyl (C=O) groups is 3. The van der Waals surface area contributed by atoms with E-state index >= 15 is 0 Å². The Morgan fingerprint density at radius 3 is 2.30 bits per heavy atom. The molecule has 33 heavy (non-hydrogen) atoms. The Kier molecular flexibility index (Phi) is 8.21. The minimum absolute atomic E-state index is 0.157. The van der Waals surface area contributed by atoms with Crippen molar-refractivity contribution in [2.45, 2.75) is 26.9 Å². The summed E-state index contributed by atoms with van der Waals surface area (Å²) in [6.07, 6.45) is -0.683. The summed E-state index contributed by atoms with van der Waals surface area (Å²) in [7, 11) is 0. The predicted octanol–water partition coefficient (Wildman–Crippen LogP) is 3.93. The first-order chi connectivity index (χ1) is 15.8. The smallest absolute Gasteiger partial charge is 0.265 e. The quantitative estimate of drug-likeness (QED) is 0.417. The van der Waals surface area contributed by atoms with E-state index in [1.165, 1.54) is 11.3 Å². The Balaban J connectivity index is 1.44. The van der Waals surface area contributed by atoms with Gasteiger partial charge in [-0.3, -0.25) is 14.4 Å². The number of amides is 3. The van der Waals surface area contributed by atoms with Crippen LogP contribution >= 0.6 is 11.3 Å². The zero-order valence-corrected chi connectivity index (χ0v) is 19.6. The lowest BCUT2D eigenvalue weighted by Gasteiger charge is -2.17. The highest BCUT2D eigenvalue weighted by atomic mass is 32.1. The van der Waals surface area contributed by atoms with E-state index in [-0.39, 0.29) is 17.7 Å². The molecule has 0 aliphatic rings. The van der Waals surface area contributed by atoms with E-state index in [9.17, 15) is 14.4 Å². The van der Waals surface area contributed by atoms with E-state index in [1.54, 1.807) is 37.3 Å². The van der Waals surface area contributed by atoms with Crippen LogP contribution in [0.3, 0.4) is 0 Å². The normalized spacial score (nSPS) is 11.4. The molecule has 0 saturated heterocycles. The van der Waals surface area contributed by atoms with Crippen LogP contribution in [-0.2, 0) is 4.79 Å². The molecule has 3 rings (SSSR count). The number of carbonyl (C=O) groups excluding carboxylic acids is 3. The van der Waals surface area contributed by atoms with Gasteiger partial charge in [-0.2, -0.15) is 0 Å². The zero-order valence-electron chi connectivity index (χ0n) is 18.8. The molecular formula is C25H27N3O4S. The van der Waals surface area contributed by atoms with E-state index in [1.807, 2.05) is 43.5 Å². The molecule has 1 aromatic heterocycles. The molecule has 0 fully saturated rings. The molecule has 1 heterocycles. The Bertz CT molecular complexity index is 1110. The molecule has 3 aromatic rings. The number of thiophene rings is 1. The third-order valence-corrected chi connectivity index (χ3v) is 5.74. The summed E-state index contributed by atoms with van der Waals surface area (Å²) < 4.78 is 5.81. The van der Waals surface area contributed by atoms with Gasteiger partial charge in [0.15, 0.2) is 6.10 Å². The zero-order chi connectivity index (χ0) is 23.8. The van der Waals surface area contributed by atoms with Crippen molar-refractivity contribution in [3.8, 4) is 5.75 Å². The maximum Gasteiger partial charge on any atom is 0.265 e. The van der Waals surface area contributed by atoms with Gasteiger partial charge in [0, 0.05) is 24.3 Å². The van der Waals surface area contributed by atoms with Crippen LogP contribution in [0, 0.1) is 13.8 Å². The van der Waals surface area contributed by atoms with Crippen LogP contribution in [0.1, 0.15) is 38.1 Å². The molecule has 0 aliphatic heterocycles. The summed E-state index contributed by atoms with van der Waals surface area (Å²) in [5, 5.41) is 10.1. The minimum Gasteiger partial charge on any atom is -0.481 e. The maximum atomic E-state index is 12.5. The molecule has 0 saturated carbocycles. The summed E-state index contributed by atoms with van der Waals surface area (Å²) in [4.78, 5) is 37.3. The summed E-state index contributed by atoms with van der Waals surface area (Å²) in [6, 6.07) is 16.0. The second kappa shape index (κ2) is 11.3. The van der Waals surface area contributed by atoms with Crippen LogP contribution in [0.15, 0.2) is 60.0 Å². The van der Waals surface area contributed by atoms with Crippen LogP contribution in [0.4, 0.5) is 5.69 Å². The molecule has 2 aromatic carbocycles. The van der Waals surface area contributed by atoms with E-state index < -0.39 is 6.10 Å². The topological polar surface area (TPSA) is 96.5 Å². The van der Waals surface area contributed by atoms with Gasteiger partial charge in [-0.1, -0.05) is 18.2 Å². The lowest BCUT2D eigenvalue weighted by molar-refractivity contribution is -0.122. The van der Waals surface area contributed by atoms with Gasteiger partial charge in [0.05, 0.1) is 4.88 Å². The van der Waals surface area contributed by atoms with Gasteiger partial charge in [-0.05, 0) is 73.7 Å². The SMILES string of the molecule is Cc1ccc(C)c(OC(C)C(=O)Nc2ccc(C(=O)NCCNC(=O)c3cccs3)cc2)c1. The van der Waals surface area contributed by atoms with Gasteiger partial charge in [0.1, 0.15) is 5.75 Å². The second-order valence-electron chi connectivity index (χ2n) is 7.58. The largest absolute Gasteiger partial charge is 0.481 e. The fraction of sp³-hybridized carbons (Fsp3) is 0.240. The second-order valence-corrected chi connectivity index (χ2v) is 8.53. The van der Waals surface area contributed by atoms with Gasteiger partial charge in [-0.15, -0.1) is 11.3 Å². The highest BCUT2D eigenvalue weighted by Crippen LogP contribution is 2.21. The molecular weight excluding hydrogens is 438 g/mol. The van der Waals surface area contributed by atoms with Crippen molar-refractivity contribution < 1.29 is 19.1 Å². The Morgan fingerprint density at radius 2 is 1.64 bits per heavy atom. The summed E-state index contributed by atoms with van der Waals surface area (Å²) in [5.74, 6) is -0.0224. The fourth-order valence-corrected chi connectivity index (χ4v) is 3.62. The minimum atomic E-state index is -0.683. The van der Waals surface area contributed by atoms with E-state index in [4.69, 9.17) is 4.74 Å². The molecule has 0 bridgehead atoms. The lowest BCUT2D eigenvalue weighted by atomic mass is 10.1. The average Bonchev–Trinajstić information content (AvgIpc) is 3.34. The van der Waals surface area contributed by atoms with Gasteiger partial charge < -0.3 is 20.7 Å². The Hall–Kier alpha value is -3.65. The van der Waals surface area contributed by atoms with Crippen molar-refractivity contribution in [2.24, 2.45) is 0 Å². The van der Waals surface area contributed by atoms with Crippen LogP contribution < -0.4 is 20.7 Å². The van der Waals surface area contributed by atoms with Gasteiger partial charge in [0.2, 0.25) is 0 Å². The van der Waals surface area contributed by atoms with Crippen molar-refractivity contribution in [3.05, 3.63) is 81.5 Å². The van der Waals surface area contributed by atoms with Crippen LogP contribution in [0.25, 0.3) is 0 Å². The lowest BCUT2D eigenvalue weighted by Crippen LogP contribution is -2.34. The standard InChI is InChI=1S/C25H27N3O4S/c1-16-6-7-17(2)21(15-16)32-18(3)23(29)28-20-10-8-19(9-11-20)24(30)26-12-13-27-25(31)22-5-4-14-33-22/h4-11,14-15,18H,12-13H2,1-3H3,(H,26,30)(H,27,31)(H,28,29). The fourth-order valence-electron chi connectivity index (χ4n) is 2.98. The third kappa shape index (κ3) is 6.92. The number of ether oxygens (including phenoxy) is 1. The molecule has 3 N–H and O–H groups in total. The van der Waals surface area contributed by atoms with Crippen LogP contribution in [-0.4, -0.2) is 36.9 Å². The molecule has 3 amide bonds. The summed E-state index contributed by atoms with van der Waals surface area (Å²) >= 11 is 1.36. The molecule has 0 radical (unpaired) electrons. The van der Waals surface area contributed by atoms with E-state index in [0.717, 1.165) is 11.1 Å². The van der Waals surface area contributed by atoms with Gasteiger partial charge >= 0.3 is 0 Å². The number of nitrogens with one attached hydrogen (secondary N) is 3. The molecule has 172 valence electrons. The first-order valence-corrected chi connectivity index (χ1v) is 11.5. The van der Waals surface area contributed by atoms with Crippen molar-refractivity contribution in [1.29, 1.82) is 0 Å². The van der Waals surface area contributed by atoms with E-state index in [0.29, 0.717) is 35.0 Å². The molecule has 0 spiro atoms. The number of hydrogen-bond donors (Lipinski definition) is 3. The van der Waals surface area contributed by atoms with Crippen molar-refractivity contribution in [1.82, 2.24) is 10.6 Å². The molecule has 7 nitrogen and oxygen atoms in total. The number of benzene rings is 2. The van der Waals surface area contributed by atoms with Gasteiger partial charge in [0.25, 0.3) is 17.7 Å². The molecule has 0 aliphatic carbocycles. The van der Waals surface area contributed by atoms with Crippen molar-refractivity contribution in [3.63, 3.8) is 0 Å². The average molecular weight is 466 g/mol. The van der Waals surface area contributed by atoms with Crippen molar-refractivity contribution in [2.75, 3.05) is 18.4 Å². The number of rotatable bonds is 9. The van der Waals surface area contributed by atoms with Gasteiger partial charge in [-0.25, -0.2) is 0 Å². The predicted molar refractivity (Wildman–Crippen MR) is 130 cm³/mol. The van der Waals surface area contributed by atoms with Crippen molar-refractivity contribution >= 4 is 34.7 Å². The summed E-state index contributed by atoms with van der Waals surface area (Å²) in [6.45, 7) is 6.23. The highest BCUT2D eigenvalue weighted by molar-refractivity contribution is 7.12. The number of hydrogen-bond acceptors (Lipinski definition) is 5. The summed E-state index contributed by atoms with van der Waals surface area (Å²) in [5.41, 5.74) is 3.04. The van der Waals surface area contributed by atoms with E-state index in [2.05, 4.69) is 16.0 Å². The molecule has 8 heteroatoms. The molecule has 1 unspecified atom stereocenters. The Morgan fingerprint density at radius 1 is 0.939 bits per heavy atom. The number of aryl methyl sites for hydroxylation is 2. The first-order valence-electron chi connectivity index (χ1n) is 10.6. The highest BCUT2D eigenvalue weighted by Gasteiger charge is 2.16. The monoisotopic (exact) mass is 465 g/mol. The maximum absolute atomic E-state index is 12.5. The molecule has 1 atom stereocenters. The third-order valence-electron chi connectivity index (χ3n) is 4.87. The van der Waals surface area contributed by atoms with Crippen LogP contribution in [0.2, 0.25) is 0 Å².